The zero-order chi connectivity index (χ0) is 39.0. The Bertz CT molecular complexity index is 1860. The molecule has 0 bridgehead atoms. The van der Waals surface area contributed by atoms with Crippen LogP contribution in [-0.4, -0.2) is 107 Å². The van der Waals surface area contributed by atoms with Gasteiger partial charge in [-0.3, -0.25) is 14.4 Å². The van der Waals surface area contributed by atoms with Crippen molar-refractivity contribution in [3.63, 3.8) is 0 Å². The van der Waals surface area contributed by atoms with E-state index in [-0.39, 0.29) is 49.2 Å². The number of aliphatic hydroxyl groups is 1. The molecule has 7 N–H and O–H groups in total. The van der Waals surface area contributed by atoms with Crippen LogP contribution < -0.4 is 21.3 Å². The Morgan fingerprint density at radius 2 is 1.65 bits per heavy atom. The fourth-order valence-electron chi connectivity index (χ4n) is 6.53. The number of rotatable bonds is 19. The molecule has 55 heavy (non-hydrogen) atoms. The van der Waals surface area contributed by atoms with Crippen LogP contribution in [0.2, 0.25) is 0 Å². The molecule has 1 atom stereocenters. The number of aromatic nitrogens is 4. The third kappa shape index (κ3) is 12.4. The number of aryl methyl sites for hydroxylation is 1. The minimum absolute atomic E-state index is 0.0400. The van der Waals surface area contributed by atoms with Gasteiger partial charge in [-0.05, 0) is 102 Å². The molecule has 1 aliphatic carbocycles. The van der Waals surface area contributed by atoms with Gasteiger partial charge in [-0.1, -0.05) is 30.3 Å². The summed E-state index contributed by atoms with van der Waals surface area (Å²) in [4.78, 5) is 51.2. The number of nitrogens with zero attached hydrogens (tertiary/aromatic N) is 3. The van der Waals surface area contributed by atoms with Gasteiger partial charge in [0.15, 0.2) is 0 Å². The monoisotopic (exact) mass is 756 g/mol. The van der Waals surface area contributed by atoms with Crippen molar-refractivity contribution in [1.29, 1.82) is 0 Å². The summed E-state index contributed by atoms with van der Waals surface area (Å²) in [5.41, 5.74) is 5.31. The molecule has 0 unspecified atom stereocenters. The summed E-state index contributed by atoms with van der Waals surface area (Å²) in [5, 5.41) is 42.9. The predicted molar refractivity (Wildman–Crippen MR) is 203 cm³/mol. The van der Waals surface area contributed by atoms with Crippen molar-refractivity contribution in [3.05, 3.63) is 83.4 Å². The summed E-state index contributed by atoms with van der Waals surface area (Å²) < 4.78 is 10.6. The molecule has 16 nitrogen and oxygen atoms in total. The Labute approximate surface area is 318 Å². The molecule has 3 aromatic carbocycles. The fraction of sp³-hybridized carbons (Fsp3) is 0.410. The van der Waals surface area contributed by atoms with E-state index < -0.39 is 12.1 Å². The molecule has 292 valence electrons. The quantitative estimate of drug-likeness (QED) is 0.0687. The summed E-state index contributed by atoms with van der Waals surface area (Å²) in [6, 6.07) is 19.3. The number of aromatic amines is 1. The highest BCUT2D eigenvalue weighted by atomic mass is 16.5. The van der Waals surface area contributed by atoms with Gasteiger partial charge in [0.1, 0.15) is 6.04 Å². The van der Waals surface area contributed by atoms with Gasteiger partial charge in [0.25, 0.3) is 5.91 Å². The molecular weight excluding hydrogens is 708 g/mol. The molecule has 1 aromatic heterocycles. The van der Waals surface area contributed by atoms with E-state index in [2.05, 4.69) is 41.9 Å². The van der Waals surface area contributed by atoms with E-state index in [4.69, 9.17) is 19.7 Å². The lowest BCUT2D eigenvalue weighted by Crippen LogP contribution is -2.48. The summed E-state index contributed by atoms with van der Waals surface area (Å²) in [5.74, 6) is -0.515. The number of H-pyrrole nitrogens is 1. The van der Waals surface area contributed by atoms with Crippen LogP contribution in [0, 0.1) is 18.8 Å². The van der Waals surface area contributed by atoms with Crippen molar-refractivity contribution in [3.8, 4) is 22.5 Å². The van der Waals surface area contributed by atoms with E-state index in [9.17, 15) is 19.2 Å². The molecule has 0 saturated heterocycles. The van der Waals surface area contributed by atoms with Gasteiger partial charge in [0.05, 0.1) is 33.0 Å². The number of hydrogen-bond acceptors (Lipinski definition) is 10. The van der Waals surface area contributed by atoms with Crippen LogP contribution in [0.15, 0.2) is 66.7 Å². The number of nitrogens with one attached hydrogen (secondary N) is 5. The minimum atomic E-state index is -1.06. The average molecular weight is 757 g/mol. The zero-order valence-corrected chi connectivity index (χ0v) is 30.8. The van der Waals surface area contributed by atoms with Crippen LogP contribution in [0.1, 0.15) is 47.2 Å². The van der Waals surface area contributed by atoms with Crippen molar-refractivity contribution >= 4 is 29.5 Å². The van der Waals surface area contributed by atoms with Gasteiger partial charge in [-0.25, -0.2) is 4.79 Å². The van der Waals surface area contributed by atoms with E-state index in [0.717, 1.165) is 22.3 Å². The lowest BCUT2D eigenvalue weighted by atomic mass is 9.81. The number of carbonyl (C=O) groups excluding carboxylic acids is 3. The zero-order valence-electron chi connectivity index (χ0n) is 30.8. The van der Waals surface area contributed by atoms with Crippen LogP contribution >= 0.6 is 0 Å². The standard InChI is InChI=1S/C39H48N8O8/c1-25-21-31(36(49)40-15-17-54-19-20-55-18-16-48)11-14-33(25)30-4-2-3-27(22-30)23-34(43-37(50)29-7-5-26(6-8-29)24-41-39(52)53)38(51)42-32-12-9-28(10-13-32)35-44-46-47-45-35/h2-4,9-14,21-22,26,29,34,41,48H,5-8,15-20,23-24H2,1H3,(H,40,49)(H,42,51)(H,43,50)(H,52,53)(H,44,45,46,47)/t26?,29?,34-/m0/s1. The fourth-order valence-corrected chi connectivity index (χ4v) is 6.53. The van der Waals surface area contributed by atoms with Crippen LogP contribution in [0.3, 0.4) is 0 Å². The molecule has 4 aromatic rings. The molecule has 1 saturated carbocycles. The highest BCUT2D eigenvalue weighted by Gasteiger charge is 2.30. The smallest absolute Gasteiger partial charge is 0.404 e. The number of benzene rings is 3. The maximum Gasteiger partial charge on any atom is 0.404 e. The molecule has 5 rings (SSSR count). The van der Waals surface area contributed by atoms with Crippen molar-refractivity contribution in [1.82, 2.24) is 36.6 Å². The largest absolute Gasteiger partial charge is 0.465 e. The van der Waals surface area contributed by atoms with Crippen molar-refractivity contribution in [2.24, 2.45) is 11.8 Å². The number of anilines is 1. The maximum absolute atomic E-state index is 13.8. The van der Waals surface area contributed by atoms with Gasteiger partial charge in [-0.15, -0.1) is 10.2 Å². The summed E-state index contributed by atoms with van der Waals surface area (Å²) in [6.07, 6.45) is 1.78. The Morgan fingerprint density at radius 1 is 0.891 bits per heavy atom. The Morgan fingerprint density at radius 3 is 2.35 bits per heavy atom. The normalized spacial score (nSPS) is 15.8. The first-order valence-corrected chi connectivity index (χ1v) is 18.4. The number of tetrazole rings is 1. The molecule has 0 radical (unpaired) electrons. The molecule has 16 heteroatoms. The summed E-state index contributed by atoms with van der Waals surface area (Å²) in [6.45, 7) is 3.91. The van der Waals surface area contributed by atoms with Gasteiger partial charge < -0.3 is 41.0 Å². The molecule has 0 aliphatic heterocycles. The maximum atomic E-state index is 13.8. The average Bonchev–Trinajstić information content (AvgIpc) is 3.74. The first kappa shape index (κ1) is 40.5. The highest BCUT2D eigenvalue weighted by Crippen LogP contribution is 2.29. The topological polar surface area (TPSA) is 230 Å². The van der Waals surface area contributed by atoms with Crippen molar-refractivity contribution in [2.45, 2.75) is 45.1 Å². The van der Waals surface area contributed by atoms with Crippen LogP contribution in [0.25, 0.3) is 22.5 Å². The number of ether oxygens (including phenoxy) is 2. The Hall–Kier alpha value is -5.71. The number of aliphatic hydroxyl groups excluding tert-OH is 1. The first-order valence-electron chi connectivity index (χ1n) is 18.4. The third-order valence-electron chi connectivity index (χ3n) is 9.45. The summed E-state index contributed by atoms with van der Waals surface area (Å²) >= 11 is 0. The third-order valence-corrected chi connectivity index (χ3v) is 9.45. The second kappa shape index (κ2) is 20.7. The number of carboxylic acid groups (broad SMARTS) is 1. The van der Waals surface area contributed by atoms with E-state index in [1.54, 1.807) is 30.3 Å². The van der Waals surface area contributed by atoms with Gasteiger partial charge in [0.2, 0.25) is 17.6 Å². The van der Waals surface area contributed by atoms with Gasteiger partial charge in [0, 0.05) is 42.2 Å². The Kier molecular flexibility index (Phi) is 15.2. The number of hydrogen-bond donors (Lipinski definition) is 7. The Balaban J connectivity index is 1.24. The van der Waals surface area contributed by atoms with Gasteiger partial charge in [-0.2, -0.15) is 5.21 Å². The number of amides is 4. The van der Waals surface area contributed by atoms with E-state index in [0.29, 0.717) is 81.2 Å². The summed E-state index contributed by atoms with van der Waals surface area (Å²) in [7, 11) is 0. The van der Waals surface area contributed by atoms with E-state index >= 15 is 0 Å². The second-order valence-electron chi connectivity index (χ2n) is 13.4. The van der Waals surface area contributed by atoms with E-state index in [1.807, 2.05) is 43.3 Å². The van der Waals surface area contributed by atoms with E-state index in [1.165, 1.54) is 0 Å². The van der Waals surface area contributed by atoms with Crippen LogP contribution in [0.4, 0.5) is 10.5 Å². The predicted octanol–water partition coefficient (Wildman–Crippen LogP) is 3.34. The molecule has 1 aliphatic rings. The number of carbonyl (C=O) groups is 4. The molecule has 1 fully saturated rings. The SMILES string of the molecule is Cc1cc(C(=O)NCCOCCOCCO)ccc1-c1cccc(C[C@H](NC(=O)C2CCC(CNC(=O)O)CC2)C(=O)Nc2ccc(-c3nn[nH]n3)cc2)c1. The van der Waals surface area contributed by atoms with Crippen LogP contribution in [-0.2, 0) is 25.5 Å². The van der Waals surface area contributed by atoms with Crippen molar-refractivity contribution < 1.29 is 38.9 Å². The lowest BCUT2D eigenvalue weighted by Gasteiger charge is -2.29. The molecule has 0 spiro atoms. The highest BCUT2D eigenvalue weighted by molar-refractivity contribution is 5.98. The van der Waals surface area contributed by atoms with Crippen molar-refractivity contribution in [2.75, 3.05) is 51.4 Å². The molecule has 1 heterocycles. The first-order chi connectivity index (χ1) is 26.7. The van der Waals surface area contributed by atoms with Crippen LogP contribution in [0.5, 0.6) is 0 Å². The lowest BCUT2D eigenvalue weighted by molar-refractivity contribution is -0.130. The molecular formula is C39H48N8O8. The van der Waals surface area contributed by atoms with Gasteiger partial charge >= 0.3 is 6.09 Å². The molecule has 4 amide bonds. The second-order valence-corrected chi connectivity index (χ2v) is 13.4. The minimum Gasteiger partial charge on any atom is -0.465 e.